The van der Waals surface area contributed by atoms with Crippen LogP contribution in [0.4, 0.5) is 17.1 Å². The summed E-state index contributed by atoms with van der Waals surface area (Å²) in [5, 5.41) is 11.4. The summed E-state index contributed by atoms with van der Waals surface area (Å²) in [6, 6.07) is 18.8. The normalized spacial score (nSPS) is 12.9. The first-order chi connectivity index (χ1) is 12.6. The third-order valence-electron chi connectivity index (χ3n) is 4.71. The van der Waals surface area contributed by atoms with Crippen molar-refractivity contribution in [2.75, 3.05) is 4.90 Å². The molecule has 5 heteroatoms. The van der Waals surface area contributed by atoms with Gasteiger partial charge in [0.1, 0.15) is 0 Å². The van der Waals surface area contributed by atoms with Gasteiger partial charge in [-0.1, -0.05) is 41.9 Å². The molecule has 4 rings (SSSR count). The molecule has 1 aliphatic rings. The van der Waals surface area contributed by atoms with Crippen LogP contribution in [0.3, 0.4) is 0 Å². The number of nitrogens with zero attached hydrogens (tertiary/aromatic N) is 1. The van der Waals surface area contributed by atoms with Crippen LogP contribution in [0.1, 0.15) is 21.5 Å². The highest BCUT2D eigenvalue weighted by molar-refractivity contribution is 6.31. The molecule has 1 amide bonds. The van der Waals surface area contributed by atoms with E-state index in [0.29, 0.717) is 10.7 Å². The minimum Gasteiger partial charge on any atom is -0.505 e. The number of para-hydroxylation sites is 2. The number of aryl methyl sites for hydroxylation is 2. The average molecular weight is 365 g/mol. The van der Waals surface area contributed by atoms with E-state index in [1.165, 1.54) is 6.07 Å². The van der Waals surface area contributed by atoms with Crippen molar-refractivity contribution < 1.29 is 9.90 Å². The molecule has 130 valence electrons. The molecule has 1 aliphatic heterocycles. The summed E-state index contributed by atoms with van der Waals surface area (Å²) < 4.78 is 0. The lowest BCUT2D eigenvalue weighted by molar-refractivity contribution is 0.0998. The Labute approximate surface area is 156 Å². The first-order valence-electron chi connectivity index (χ1n) is 8.34. The Morgan fingerprint density at radius 2 is 1.62 bits per heavy atom. The molecule has 0 bridgehead atoms. The van der Waals surface area contributed by atoms with Gasteiger partial charge in [0.2, 0.25) is 0 Å². The maximum atomic E-state index is 11.7. The fraction of sp³-hybridized carbons (Fsp3) is 0.0952. The number of phenols is 1. The van der Waals surface area contributed by atoms with E-state index < -0.39 is 5.91 Å². The Bertz CT molecular complexity index is 1020. The van der Waals surface area contributed by atoms with E-state index in [2.05, 4.69) is 6.07 Å². The predicted octanol–water partition coefficient (Wildman–Crippen LogP) is 4.71. The number of anilines is 3. The Morgan fingerprint density at radius 3 is 2.38 bits per heavy atom. The number of halogens is 1. The molecule has 0 fully saturated rings. The molecule has 26 heavy (non-hydrogen) atoms. The van der Waals surface area contributed by atoms with Crippen LogP contribution in [-0.4, -0.2) is 11.0 Å². The maximum absolute atomic E-state index is 11.7. The molecule has 0 aliphatic carbocycles. The number of carbonyl (C=O) groups excluding carboxylic acids is 1. The van der Waals surface area contributed by atoms with Crippen LogP contribution < -0.4 is 10.6 Å². The second-order valence-corrected chi connectivity index (χ2v) is 6.71. The van der Waals surface area contributed by atoms with Crippen molar-refractivity contribution >= 4 is 34.6 Å². The third kappa shape index (κ3) is 2.68. The van der Waals surface area contributed by atoms with Gasteiger partial charge in [-0.25, -0.2) is 0 Å². The van der Waals surface area contributed by atoms with Crippen LogP contribution in [-0.2, 0) is 12.8 Å². The molecule has 3 N–H and O–H groups in total. The molecular formula is C21H17ClN2O2. The maximum Gasteiger partial charge on any atom is 0.252 e. The van der Waals surface area contributed by atoms with Gasteiger partial charge >= 0.3 is 0 Å². The van der Waals surface area contributed by atoms with Crippen LogP contribution in [0.2, 0.25) is 5.02 Å². The fourth-order valence-electron chi connectivity index (χ4n) is 3.47. The number of amides is 1. The number of benzene rings is 3. The van der Waals surface area contributed by atoms with Crippen molar-refractivity contribution in [1.29, 1.82) is 0 Å². The van der Waals surface area contributed by atoms with Crippen LogP contribution in [0, 0.1) is 0 Å². The molecule has 0 spiro atoms. The number of rotatable bonds is 2. The van der Waals surface area contributed by atoms with Crippen LogP contribution in [0.15, 0.2) is 60.7 Å². The Hall–Kier alpha value is -2.98. The quantitative estimate of drug-likeness (QED) is 0.691. The topological polar surface area (TPSA) is 66.6 Å². The van der Waals surface area contributed by atoms with Crippen LogP contribution in [0.25, 0.3) is 0 Å². The lowest BCUT2D eigenvalue weighted by Gasteiger charge is -2.28. The second kappa shape index (κ2) is 6.39. The number of aromatic hydroxyl groups is 1. The fourth-order valence-corrected chi connectivity index (χ4v) is 3.63. The van der Waals surface area contributed by atoms with Crippen LogP contribution in [0.5, 0.6) is 5.75 Å². The Morgan fingerprint density at radius 1 is 0.923 bits per heavy atom. The molecule has 0 saturated carbocycles. The van der Waals surface area contributed by atoms with Gasteiger partial charge in [0.25, 0.3) is 5.91 Å². The molecule has 0 atom stereocenters. The zero-order valence-corrected chi connectivity index (χ0v) is 14.7. The average Bonchev–Trinajstić information content (AvgIpc) is 2.78. The molecular weight excluding hydrogens is 348 g/mol. The number of fused-ring (bicyclic) bond motifs is 2. The number of nitrogens with two attached hydrogens (primary N) is 1. The number of primary amides is 1. The van der Waals surface area contributed by atoms with Gasteiger partial charge in [0.15, 0.2) is 5.75 Å². The summed E-state index contributed by atoms with van der Waals surface area (Å²) in [4.78, 5) is 13.6. The molecule has 4 nitrogen and oxygen atoms in total. The summed E-state index contributed by atoms with van der Waals surface area (Å²) in [7, 11) is 0. The molecule has 0 saturated heterocycles. The van der Waals surface area contributed by atoms with E-state index in [-0.39, 0.29) is 11.3 Å². The SMILES string of the molecule is NC(=O)c1cccc(N2c3ccccc3CCc3ccc(Cl)cc32)c1O. The van der Waals surface area contributed by atoms with E-state index in [4.69, 9.17) is 17.3 Å². The Kier molecular flexibility index (Phi) is 4.05. The summed E-state index contributed by atoms with van der Waals surface area (Å²) in [5.41, 5.74) is 10.1. The first-order valence-corrected chi connectivity index (χ1v) is 8.72. The van der Waals surface area contributed by atoms with Crippen molar-refractivity contribution in [1.82, 2.24) is 0 Å². The van der Waals surface area contributed by atoms with Crippen molar-refractivity contribution in [3.8, 4) is 5.75 Å². The molecule has 1 heterocycles. The van der Waals surface area contributed by atoms with Gasteiger partial charge in [0, 0.05) is 10.7 Å². The van der Waals surface area contributed by atoms with Crippen molar-refractivity contribution in [3.05, 3.63) is 82.4 Å². The summed E-state index contributed by atoms with van der Waals surface area (Å²) in [5.74, 6) is -0.804. The molecule has 3 aromatic carbocycles. The molecule has 3 aromatic rings. The number of carbonyl (C=O) groups is 1. The number of hydrogen-bond donors (Lipinski definition) is 2. The van der Waals surface area contributed by atoms with Crippen LogP contribution >= 0.6 is 11.6 Å². The van der Waals surface area contributed by atoms with Gasteiger partial charge in [-0.15, -0.1) is 0 Å². The highest BCUT2D eigenvalue weighted by Crippen LogP contribution is 2.46. The lowest BCUT2D eigenvalue weighted by atomic mass is 10.0. The first kappa shape index (κ1) is 16.5. The van der Waals surface area contributed by atoms with E-state index >= 15 is 0 Å². The minimum absolute atomic E-state index is 0.0906. The third-order valence-corrected chi connectivity index (χ3v) is 4.94. The van der Waals surface area contributed by atoms with Gasteiger partial charge in [-0.3, -0.25) is 4.79 Å². The summed E-state index contributed by atoms with van der Waals surface area (Å²) in [6.07, 6.45) is 1.73. The zero-order chi connectivity index (χ0) is 18.3. The van der Waals surface area contributed by atoms with Crippen molar-refractivity contribution in [2.45, 2.75) is 12.8 Å². The smallest absolute Gasteiger partial charge is 0.252 e. The Balaban J connectivity index is 2.03. The summed E-state index contributed by atoms with van der Waals surface area (Å²) in [6.45, 7) is 0. The lowest BCUT2D eigenvalue weighted by Crippen LogP contribution is -2.15. The van der Waals surface area contributed by atoms with E-state index in [1.54, 1.807) is 12.1 Å². The van der Waals surface area contributed by atoms with E-state index in [1.807, 2.05) is 41.3 Å². The van der Waals surface area contributed by atoms with E-state index in [0.717, 1.165) is 35.3 Å². The highest BCUT2D eigenvalue weighted by Gasteiger charge is 2.25. The second-order valence-electron chi connectivity index (χ2n) is 6.27. The molecule has 0 radical (unpaired) electrons. The number of hydrogen-bond acceptors (Lipinski definition) is 3. The monoisotopic (exact) mass is 364 g/mol. The van der Waals surface area contributed by atoms with E-state index in [9.17, 15) is 9.90 Å². The van der Waals surface area contributed by atoms with Gasteiger partial charge in [-0.2, -0.15) is 0 Å². The van der Waals surface area contributed by atoms with Crippen molar-refractivity contribution in [2.24, 2.45) is 5.73 Å². The van der Waals surface area contributed by atoms with Gasteiger partial charge in [0.05, 0.1) is 16.9 Å². The minimum atomic E-state index is -0.668. The highest BCUT2D eigenvalue weighted by atomic mass is 35.5. The predicted molar refractivity (Wildman–Crippen MR) is 104 cm³/mol. The van der Waals surface area contributed by atoms with Crippen molar-refractivity contribution in [3.63, 3.8) is 0 Å². The molecule has 0 aromatic heterocycles. The van der Waals surface area contributed by atoms with Gasteiger partial charge < -0.3 is 15.7 Å². The standard InChI is InChI=1S/C21H17ClN2O2/c22-15-11-10-14-9-8-13-4-1-2-6-17(13)24(19(14)12-15)18-7-3-5-16(20(18)25)21(23)26/h1-7,10-12,25H,8-9H2,(H2,23,26). The largest absolute Gasteiger partial charge is 0.505 e. The summed E-state index contributed by atoms with van der Waals surface area (Å²) >= 11 is 6.27. The molecule has 0 unspecified atom stereocenters. The van der Waals surface area contributed by atoms with Gasteiger partial charge in [-0.05, 0) is 54.3 Å². The zero-order valence-electron chi connectivity index (χ0n) is 13.9.